The predicted molar refractivity (Wildman–Crippen MR) is 101 cm³/mol. The number of hydrogen-bond acceptors (Lipinski definition) is 4. The molecule has 2 aromatic rings. The highest BCUT2D eigenvalue weighted by molar-refractivity contribution is 5.31. The molecule has 0 aliphatic heterocycles. The lowest BCUT2D eigenvalue weighted by Gasteiger charge is -2.25. The van der Waals surface area contributed by atoms with Gasteiger partial charge >= 0.3 is 0 Å². The van der Waals surface area contributed by atoms with Crippen LogP contribution in [0.25, 0.3) is 0 Å². The summed E-state index contributed by atoms with van der Waals surface area (Å²) in [6, 6.07) is 15.8. The number of methoxy groups -OCH3 is 1. The zero-order valence-corrected chi connectivity index (χ0v) is 15.4. The Morgan fingerprint density at radius 3 is 2.36 bits per heavy atom. The molecule has 0 amide bonds. The molecule has 0 aliphatic carbocycles. The quantitative estimate of drug-likeness (QED) is 0.715. The molecular weight excluding hydrogens is 314 g/mol. The average Bonchev–Trinajstić information content (AvgIpc) is 2.62. The molecule has 0 spiro atoms. The third-order valence-corrected chi connectivity index (χ3v) is 4.17. The van der Waals surface area contributed by atoms with E-state index in [0.717, 1.165) is 31.0 Å². The first-order chi connectivity index (χ1) is 12.1. The predicted octanol–water partition coefficient (Wildman–Crippen LogP) is 3.66. The SMILES string of the molecule is CCCN(Cc1ccccc1C)CC(O)COc1ccc(OC)cc1. The molecule has 1 N–H and O–H groups in total. The molecule has 0 aliphatic rings. The Bertz CT molecular complexity index is 627. The normalized spacial score (nSPS) is 12.2. The van der Waals surface area contributed by atoms with E-state index in [0.29, 0.717) is 6.54 Å². The van der Waals surface area contributed by atoms with Crippen LogP contribution in [0.2, 0.25) is 0 Å². The van der Waals surface area contributed by atoms with Gasteiger partial charge in [0.25, 0.3) is 0 Å². The summed E-state index contributed by atoms with van der Waals surface area (Å²) in [6.45, 7) is 6.96. The fraction of sp³-hybridized carbons (Fsp3) is 0.429. The first kappa shape index (κ1) is 19.3. The molecule has 4 heteroatoms. The molecule has 1 unspecified atom stereocenters. The third kappa shape index (κ3) is 6.40. The Balaban J connectivity index is 1.86. The monoisotopic (exact) mass is 343 g/mol. The van der Waals surface area contributed by atoms with Crippen LogP contribution in [0.3, 0.4) is 0 Å². The van der Waals surface area contributed by atoms with Crippen molar-refractivity contribution in [2.75, 3.05) is 26.8 Å². The zero-order chi connectivity index (χ0) is 18.1. The highest BCUT2D eigenvalue weighted by Gasteiger charge is 2.13. The van der Waals surface area contributed by atoms with Gasteiger partial charge in [-0.15, -0.1) is 0 Å². The molecule has 0 aromatic heterocycles. The fourth-order valence-corrected chi connectivity index (χ4v) is 2.79. The molecule has 0 heterocycles. The lowest BCUT2D eigenvalue weighted by Crippen LogP contribution is -2.36. The van der Waals surface area contributed by atoms with Gasteiger partial charge in [-0.2, -0.15) is 0 Å². The first-order valence-electron chi connectivity index (χ1n) is 8.84. The van der Waals surface area contributed by atoms with Gasteiger partial charge in [-0.1, -0.05) is 31.2 Å². The largest absolute Gasteiger partial charge is 0.497 e. The number of benzene rings is 2. The van der Waals surface area contributed by atoms with Crippen molar-refractivity contribution in [2.45, 2.75) is 32.9 Å². The maximum Gasteiger partial charge on any atom is 0.119 e. The van der Waals surface area contributed by atoms with Gasteiger partial charge in [-0.3, -0.25) is 4.90 Å². The molecule has 0 radical (unpaired) electrons. The molecule has 2 aromatic carbocycles. The summed E-state index contributed by atoms with van der Waals surface area (Å²) in [5.41, 5.74) is 2.59. The van der Waals surface area contributed by atoms with E-state index in [1.165, 1.54) is 11.1 Å². The lowest BCUT2D eigenvalue weighted by atomic mass is 10.1. The van der Waals surface area contributed by atoms with Crippen LogP contribution in [0.4, 0.5) is 0 Å². The van der Waals surface area contributed by atoms with Crippen molar-refractivity contribution in [1.82, 2.24) is 4.90 Å². The van der Waals surface area contributed by atoms with Crippen molar-refractivity contribution in [3.8, 4) is 11.5 Å². The summed E-state index contributed by atoms with van der Waals surface area (Å²) in [5.74, 6) is 1.53. The van der Waals surface area contributed by atoms with Crippen LogP contribution in [0.1, 0.15) is 24.5 Å². The second-order valence-electron chi connectivity index (χ2n) is 6.30. The van der Waals surface area contributed by atoms with Crippen molar-refractivity contribution in [3.63, 3.8) is 0 Å². The minimum atomic E-state index is -0.530. The van der Waals surface area contributed by atoms with E-state index in [9.17, 15) is 5.11 Å². The smallest absolute Gasteiger partial charge is 0.119 e. The van der Waals surface area contributed by atoms with Gasteiger partial charge in [0, 0.05) is 13.1 Å². The van der Waals surface area contributed by atoms with Crippen molar-refractivity contribution in [2.24, 2.45) is 0 Å². The van der Waals surface area contributed by atoms with Crippen LogP contribution in [0.15, 0.2) is 48.5 Å². The number of rotatable bonds is 10. The highest BCUT2D eigenvalue weighted by Crippen LogP contribution is 2.17. The summed E-state index contributed by atoms with van der Waals surface area (Å²) in [7, 11) is 1.64. The number of hydrogen-bond donors (Lipinski definition) is 1. The molecule has 0 bridgehead atoms. The third-order valence-electron chi connectivity index (χ3n) is 4.17. The Hall–Kier alpha value is -2.04. The second-order valence-corrected chi connectivity index (χ2v) is 6.30. The molecular formula is C21H29NO3. The molecule has 0 fully saturated rings. The first-order valence-corrected chi connectivity index (χ1v) is 8.84. The van der Waals surface area contributed by atoms with Crippen LogP contribution in [-0.4, -0.2) is 42.9 Å². The van der Waals surface area contributed by atoms with Crippen molar-refractivity contribution >= 4 is 0 Å². The summed E-state index contributed by atoms with van der Waals surface area (Å²) >= 11 is 0. The summed E-state index contributed by atoms with van der Waals surface area (Å²) < 4.78 is 10.8. The Kier molecular flexibility index (Phi) is 7.76. The van der Waals surface area contributed by atoms with Gasteiger partial charge in [0.15, 0.2) is 0 Å². The van der Waals surface area contributed by atoms with Gasteiger partial charge < -0.3 is 14.6 Å². The summed E-state index contributed by atoms with van der Waals surface area (Å²) in [6.07, 6.45) is 0.524. The average molecular weight is 343 g/mol. The highest BCUT2D eigenvalue weighted by atomic mass is 16.5. The van der Waals surface area contributed by atoms with Crippen molar-refractivity contribution in [3.05, 3.63) is 59.7 Å². The molecule has 0 saturated heterocycles. The number of aliphatic hydroxyl groups is 1. The molecule has 25 heavy (non-hydrogen) atoms. The van der Waals surface area contributed by atoms with Crippen LogP contribution in [0, 0.1) is 6.92 Å². The van der Waals surface area contributed by atoms with E-state index in [4.69, 9.17) is 9.47 Å². The van der Waals surface area contributed by atoms with E-state index in [2.05, 4.69) is 43.0 Å². The maximum atomic E-state index is 10.4. The zero-order valence-electron chi connectivity index (χ0n) is 15.4. The van der Waals surface area contributed by atoms with Crippen molar-refractivity contribution in [1.29, 1.82) is 0 Å². The van der Waals surface area contributed by atoms with Gasteiger partial charge in [0.2, 0.25) is 0 Å². The van der Waals surface area contributed by atoms with Crippen LogP contribution in [0.5, 0.6) is 11.5 Å². The van der Waals surface area contributed by atoms with E-state index in [-0.39, 0.29) is 6.61 Å². The number of ether oxygens (including phenoxy) is 2. The molecule has 2 rings (SSSR count). The van der Waals surface area contributed by atoms with Crippen LogP contribution >= 0.6 is 0 Å². The molecule has 4 nitrogen and oxygen atoms in total. The molecule has 1 atom stereocenters. The van der Waals surface area contributed by atoms with E-state index >= 15 is 0 Å². The van der Waals surface area contributed by atoms with E-state index < -0.39 is 6.10 Å². The van der Waals surface area contributed by atoms with Crippen LogP contribution < -0.4 is 9.47 Å². The standard InChI is InChI=1S/C21H29NO3/c1-4-13-22(14-18-8-6-5-7-17(18)2)15-19(23)16-25-21-11-9-20(24-3)10-12-21/h5-12,19,23H,4,13-16H2,1-3H3. The van der Waals surface area contributed by atoms with Gasteiger partial charge in [-0.05, 0) is 55.3 Å². The second kappa shape index (κ2) is 10.1. The Morgan fingerprint density at radius 2 is 1.72 bits per heavy atom. The van der Waals surface area contributed by atoms with Gasteiger partial charge in [-0.25, -0.2) is 0 Å². The number of aryl methyl sites for hydroxylation is 1. The molecule has 136 valence electrons. The van der Waals surface area contributed by atoms with Gasteiger partial charge in [0.05, 0.1) is 7.11 Å². The van der Waals surface area contributed by atoms with E-state index in [1.807, 2.05) is 24.3 Å². The topological polar surface area (TPSA) is 41.9 Å². The number of nitrogens with zero attached hydrogens (tertiary/aromatic N) is 1. The van der Waals surface area contributed by atoms with Crippen LogP contribution in [-0.2, 0) is 6.54 Å². The van der Waals surface area contributed by atoms with E-state index in [1.54, 1.807) is 7.11 Å². The minimum absolute atomic E-state index is 0.278. The molecule has 0 saturated carbocycles. The minimum Gasteiger partial charge on any atom is -0.497 e. The number of aliphatic hydroxyl groups excluding tert-OH is 1. The van der Waals surface area contributed by atoms with Crippen molar-refractivity contribution < 1.29 is 14.6 Å². The Labute approximate surface area is 151 Å². The summed E-state index contributed by atoms with van der Waals surface area (Å²) in [5, 5.41) is 10.4. The Morgan fingerprint density at radius 1 is 1.04 bits per heavy atom. The summed E-state index contributed by atoms with van der Waals surface area (Å²) in [4.78, 5) is 2.28. The maximum absolute atomic E-state index is 10.4. The fourth-order valence-electron chi connectivity index (χ4n) is 2.79. The lowest BCUT2D eigenvalue weighted by molar-refractivity contribution is 0.0655. The van der Waals surface area contributed by atoms with Gasteiger partial charge in [0.1, 0.15) is 24.2 Å².